The molecule has 6 nitrogen and oxygen atoms in total. The van der Waals surface area contributed by atoms with Gasteiger partial charge in [-0.1, -0.05) is 24.6 Å². The first-order valence-electron chi connectivity index (χ1n) is 7.93. The summed E-state index contributed by atoms with van der Waals surface area (Å²) in [5, 5.41) is 0. The highest BCUT2D eigenvalue weighted by Crippen LogP contribution is 2.11. The minimum atomic E-state index is -3.68. The molecule has 1 amide bonds. The second kappa shape index (κ2) is 7.42. The van der Waals surface area contributed by atoms with Crippen molar-refractivity contribution in [3.05, 3.63) is 29.8 Å². The van der Waals surface area contributed by atoms with Crippen LogP contribution in [0.3, 0.4) is 0 Å². The lowest BCUT2D eigenvalue weighted by Crippen LogP contribution is -2.54. The number of hydrogen-bond donors (Lipinski definition) is 1. The Hall–Kier alpha value is -1.44. The predicted octanol–water partition coefficient (Wildman–Crippen LogP) is 0.826. The number of rotatable bonds is 5. The Labute approximate surface area is 138 Å². The lowest BCUT2D eigenvalue weighted by atomic mass is 10.2. The van der Waals surface area contributed by atoms with Crippen LogP contribution in [-0.2, 0) is 14.8 Å². The lowest BCUT2D eigenvalue weighted by Gasteiger charge is -2.35. The second-order valence-electron chi connectivity index (χ2n) is 5.92. The number of nitrogens with one attached hydrogen (secondary N) is 1. The van der Waals surface area contributed by atoms with Crippen molar-refractivity contribution in [2.75, 3.05) is 32.7 Å². The van der Waals surface area contributed by atoms with Gasteiger partial charge in [-0.15, -0.1) is 0 Å². The zero-order valence-electron chi connectivity index (χ0n) is 13.9. The maximum atomic E-state index is 12.4. The van der Waals surface area contributed by atoms with Gasteiger partial charge in [0.25, 0.3) is 0 Å². The maximum absolute atomic E-state index is 12.4. The molecule has 0 aromatic heterocycles. The van der Waals surface area contributed by atoms with Crippen LogP contribution in [0.1, 0.15) is 19.4 Å². The van der Waals surface area contributed by atoms with Gasteiger partial charge in [0, 0.05) is 26.2 Å². The Balaban J connectivity index is 1.99. The van der Waals surface area contributed by atoms with Crippen LogP contribution in [0.5, 0.6) is 0 Å². The van der Waals surface area contributed by atoms with Gasteiger partial charge in [0.15, 0.2) is 0 Å². The molecule has 7 heteroatoms. The average molecular weight is 339 g/mol. The zero-order valence-corrected chi connectivity index (χ0v) is 14.8. The number of carbonyl (C=O) groups is 1. The van der Waals surface area contributed by atoms with E-state index >= 15 is 0 Å². The van der Waals surface area contributed by atoms with Crippen LogP contribution in [0.2, 0.25) is 0 Å². The highest BCUT2D eigenvalue weighted by Gasteiger charge is 2.27. The molecule has 0 aliphatic carbocycles. The topological polar surface area (TPSA) is 69.7 Å². The Morgan fingerprint density at radius 3 is 2.26 bits per heavy atom. The zero-order chi connectivity index (χ0) is 17.0. The minimum absolute atomic E-state index is 0.170. The Kier molecular flexibility index (Phi) is 5.78. The lowest BCUT2D eigenvalue weighted by molar-refractivity contribution is -0.134. The molecule has 1 fully saturated rings. The summed E-state index contributed by atoms with van der Waals surface area (Å²) in [4.78, 5) is 16.6. The van der Waals surface area contributed by atoms with E-state index < -0.39 is 16.1 Å². The summed E-state index contributed by atoms with van der Waals surface area (Å²) < 4.78 is 27.2. The minimum Gasteiger partial charge on any atom is -0.339 e. The number of piperazine rings is 1. The van der Waals surface area contributed by atoms with E-state index in [9.17, 15) is 13.2 Å². The molecule has 1 heterocycles. The highest BCUT2D eigenvalue weighted by molar-refractivity contribution is 7.89. The third-order valence-electron chi connectivity index (χ3n) is 4.16. The van der Waals surface area contributed by atoms with Gasteiger partial charge in [0.05, 0.1) is 10.9 Å². The molecule has 1 aliphatic heterocycles. The van der Waals surface area contributed by atoms with Crippen molar-refractivity contribution >= 4 is 15.9 Å². The molecule has 1 N–H and O–H groups in total. The first-order valence-corrected chi connectivity index (χ1v) is 9.42. The van der Waals surface area contributed by atoms with Crippen molar-refractivity contribution in [1.82, 2.24) is 14.5 Å². The average Bonchev–Trinajstić information content (AvgIpc) is 2.54. The van der Waals surface area contributed by atoms with E-state index in [0.29, 0.717) is 13.1 Å². The first-order chi connectivity index (χ1) is 10.8. The van der Waals surface area contributed by atoms with Gasteiger partial charge >= 0.3 is 0 Å². The fourth-order valence-corrected chi connectivity index (χ4v) is 3.82. The van der Waals surface area contributed by atoms with Crippen LogP contribution < -0.4 is 4.72 Å². The van der Waals surface area contributed by atoms with Gasteiger partial charge in [-0.3, -0.25) is 4.79 Å². The number of sulfonamides is 1. The third kappa shape index (κ3) is 4.53. The van der Waals surface area contributed by atoms with E-state index in [2.05, 4.69) is 16.5 Å². The summed E-state index contributed by atoms with van der Waals surface area (Å²) in [6.45, 7) is 9.51. The molecule has 1 aromatic carbocycles. The van der Waals surface area contributed by atoms with Crippen molar-refractivity contribution in [2.24, 2.45) is 0 Å². The van der Waals surface area contributed by atoms with Crippen molar-refractivity contribution in [2.45, 2.75) is 31.7 Å². The summed E-state index contributed by atoms with van der Waals surface area (Å²) in [5.74, 6) is -0.170. The van der Waals surface area contributed by atoms with E-state index in [1.165, 1.54) is 0 Å². The van der Waals surface area contributed by atoms with E-state index in [1.807, 2.05) is 6.92 Å². The van der Waals surface area contributed by atoms with Crippen molar-refractivity contribution in [1.29, 1.82) is 0 Å². The monoisotopic (exact) mass is 339 g/mol. The van der Waals surface area contributed by atoms with Crippen LogP contribution >= 0.6 is 0 Å². The predicted molar refractivity (Wildman–Crippen MR) is 89.7 cm³/mol. The summed E-state index contributed by atoms with van der Waals surface area (Å²) in [5.41, 5.74) is 0.988. The number of hydrogen-bond acceptors (Lipinski definition) is 4. The fraction of sp³-hybridized carbons (Fsp3) is 0.562. The third-order valence-corrected chi connectivity index (χ3v) is 5.72. The van der Waals surface area contributed by atoms with Gasteiger partial charge < -0.3 is 9.80 Å². The van der Waals surface area contributed by atoms with Crippen LogP contribution in [0.25, 0.3) is 0 Å². The van der Waals surface area contributed by atoms with E-state index in [-0.39, 0.29) is 10.8 Å². The largest absolute Gasteiger partial charge is 0.339 e. The Morgan fingerprint density at radius 1 is 1.17 bits per heavy atom. The molecule has 1 aromatic rings. The van der Waals surface area contributed by atoms with Gasteiger partial charge in [-0.05, 0) is 32.5 Å². The number of carbonyl (C=O) groups excluding carboxylic acids is 1. The molecule has 0 spiro atoms. The number of benzene rings is 1. The quantitative estimate of drug-likeness (QED) is 0.862. The van der Waals surface area contributed by atoms with Gasteiger partial charge in [-0.2, -0.15) is 4.72 Å². The van der Waals surface area contributed by atoms with E-state index in [4.69, 9.17) is 0 Å². The molecular formula is C16H25N3O3S. The summed E-state index contributed by atoms with van der Waals surface area (Å²) in [6.07, 6.45) is 0. The van der Waals surface area contributed by atoms with Crippen molar-refractivity contribution in [3.8, 4) is 0 Å². The number of likely N-dealkylation sites (N-methyl/N-ethyl adjacent to an activating group) is 1. The van der Waals surface area contributed by atoms with Gasteiger partial charge in [0.2, 0.25) is 15.9 Å². The number of amides is 1. The van der Waals surface area contributed by atoms with Crippen molar-refractivity contribution in [3.63, 3.8) is 0 Å². The number of aryl methyl sites for hydroxylation is 1. The van der Waals surface area contributed by atoms with E-state index in [0.717, 1.165) is 25.2 Å². The Bertz CT molecular complexity index is 635. The van der Waals surface area contributed by atoms with Crippen LogP contribution in [0, 0.1) is 6.92 Å². The molecular weight excluding hydrogens is 314 g/mol. The molecule has 0 saturated carbocycles. The first kappa shape index (κ1) is 17.9. The summed E-state index contributed by atoms with van der Waals surface area (Å²) in [6, 6.07) is 5.81. The molecule has 2 rings (SSSR count). The van der Waals surface area contributed by atoms with Crippen LogP contribution in [-0.4, -0.2) is 62.9 Å². The number of nitrogens with zero attached hydrogens (tertiary/aromatic N) is 2. The standard InChI is InChI=1S/C16H25N3O3S/c1-4-18-9-11-19(12-10-18)16(20)14(3)17-23(21,22)15-7-5-13(2)6-8-15/h5-8,14,17H,4,9-12H2,1-3H3. The maximum Gasteiger partial charge on any atom is 0.241 e. The molecule has 1 unspecified atom stereocenters. The van der Waals surface area contributed by atoms with Gasteiger partial charge in [-0.25, -0.2) is 8.42 Å². The SMILES string of the molecule is CCN1CCN(C(=O)C(C)NS(=O)(=O)c2ccc(C)cc2)CC1. The fourth-order valence-electron chi connectivity index (χ4n) is 2.63. The second-order valence-corrected chi connectivity index (χ2v) is 7.63. The normalized spacial score (nSPS) is 18.0. The van der Waals surface area contributed by atoms with Crippen molar-refractivity contribution < 1.29 is 13.2 Å². The van der Waals surface area contributed by atoms with Crippen LogP contribution in [0.4, 0.5) is 0 Å². The molecule has 1 aliphatic rings. The summed E-state index contributed by atoms with van der Waals surface area (Å²) >= 11 is 0. The molecule has 128 valence electrons. The molecule has 0 bridgehead atoms. The Morgan fingerprint density at radius 2 is 1.74 bits per heavy atom. The van der Waals surface area contributed by atoms with Gasteiger partial charge in [0.1, 0.15) is 0 Å². The molecule has 0 radical (unpaired) electrons. The van der Waals surface area contributed by atoms with E-state index in [1.54, 1.807) is 36.1 Å². The molecule has 1 atom stereocenters. The van der Waals surface area contributed by atoms with Crippen LogP contribution in [0.15, 0.2) is 29.2 Å². The summed E-state index contributed by atoms with van der Waals surface area (Å²) in [7, 11) is -3.68. The molecule has 23 heavy (non-hydrogen) atoms. The smallest absolute Gasteiger partial charge is 0.241 e. The molecule has 1 saturated heterocycles. The highest BCUT2D eigenvalue weighted by atomic mass is 32.2.